The Labute approximate surface area is 105 Å². The Morgan fingerprint density at radius 3 is 3.00 bits per heavy atom. The molecule has 0 saturated heterocycles. The highest BCUT2D eigenvalue weighted by Gasteiger charge is 2.07. The third kappa shape index (κ3) is 3.25. The SMILES string of the molecule is CC(Cc1ccsc1)Nc1nnc(Br)s1. The zero-order chi connectivity index (χ0) is 10.7. The minimum atomic E-state index is 0.374. The maximum atomic E-state index is 4.00. The van der Waals surface area contributed by atoms with Gasteiger partial charge < -0.3 is 5.32 Å². The summed E-state index contributed by atoms with van der Waals surface area (Å²) in [6, 6.07) is 2.53. The number of halogens is 1. The van der Waals surface area contributed by atoms with Gasteiger partial charge in [0.2, 0.25) is 5.13 Å². The van der Waals surface area contributed by atoms with Crippen molar-refractivity contribution in [1.82, 2.24) is 10.2 Å². The average Bonchev–Trinajstić information content (AvgIpc) is 2.77. The van der Waals surface area contributed by atoms with Crippen molar-refractivity contribution in [3.63, 3.8) is 0 Å². The number of aromatic nitrogens is 2. The molecule has 2 aromatic rings. The Morgan fingerprint density at radius 1 is 1.53 bits per heavy atom. The number of hydrogen-bond donors (Lipinski definition) is 1. The lowest BCUT2D eigenvalue weighted by Crippen LogP contribution is -2.17. The van der Waals surface area contributed by atoms with Crippen molar-refractivity contribution in [3.05, 3.63) is 26.3 Å². The van der Waals surface area contributed by atoms with E-state index in [4.69, 9.17) is 0 Å². The number of thiophene rings is 1. The number of nitrogens with one attached hydrogen (secondary N) is 1. The summed E-state index contributed by atoms with van der Waals surface area (Å²) in [4.78, 5) is 0. The lowest BCUT2D eigenvalue weighted by Gasteiger charge is -2.10. The van der Waals surface area contributed by atoms with Gasteiger partial charge >= 0.3 is 0 Å². The van der Waals surface area contributed by atoms with Crippen LogP contribution in [0.1, 0.15) is 12.5 Å². The summed E-state index contributed by atoms with van der Waals surface area (Å²) < 4.78 is 0.813. The van der Waals surface area contributed by atoms with Gasteiger partial charge in [-0.3, -0.25) is 0 Å². The van der Waals surface area contributed by atoms with Crippen molar-refractivity contribution in [2.75, 3.05) is 5.32 Å². The van der Waals surface area contributed by atoms with Crippen molar-refractivity contribution < 1.29 is 0 Å². The van der Waals surface area contributed by atoms with Gasteiger partial charge in [0.05, 0.1) is 0 Å². The quantitative estimate of drug-likeness (QED) is 0.940. The molecular formula is C9H10BrN3S2. The highest BCUT2D eigenvalue weighted by Crippen LogP contribution is 2.21. The molecule has 1 unspecified atom stereocenters. The largest absolute Gasteiger partial charge is 0.357 e. The van der Waals surface area contributed by atoms with Crippen molar-refractivity contribution in [2.45, 2.75) is 19.4 Å². The molecule has 0 aromatic carbocycles. The predicted molar refractivity (Wildman–Crippen MR) is 68.7 cm³/mol. The van der Waals surface area contributed by atoms with Crippen LogP contribution in [-0.4, -0.2) is 16.2 Å². The van der Waals surface area contributed by atoms with E-state index < -0.39 is 0 Å². The molecule has 0 bridgehead atoms. The Kier molecular flexibility index (Phi) is 3.71. The Balaban J connectivity index is 1.90. The summed E-state index contributed by atoms with van der Waals surface area (Å²) in [5.41, 5.74) is 1.36. The van der Waals surface area contributed by atoms with E-state index in [0.29, 0.717) is 6.04 Å². The maximum absolute atomic E-state index is 4.00. The van der Waals surface area contributed by atoms with Crippen LogP contribution in [0.15, 0.2) is 20.7 Å². The van der Waals surface area contributed by atoms with Crippen LogP contribution in [0.2, 0.25) is 0 Å². The highest BCUT2D eigenvalue weighted by molar-refractivity contribution is 9.11. The van der Waals surface area contributed by atoms with Crippen molar-refractivity contribution in [3.8, 4) is 0 Å². The van der Waals surface area contributed by atoms with Gasteiger partial charge in [-0.05, 0) is 51.7 Å². The highest BCUT2D eigenvalue weighted by atomic mass is 79.9. The molecule has 2 heterocycles. The third-order valence-electron chi connectivity index (χ3n) is 1.89. The molecule has 1 N–H and O–H groups in total. The summed E-state index contributed by atoms with van der Waals surface area (Å²) in [6.45, 7) is 2.15. The van der Waals surface area contributed by atoms with Gasteiger partial charge in [-0.1, -0.05) is 11.3 Å². The van der Waals surface area contributed by atoms with E-state index in [1.165, 1.54) is 16.9 Å². The monoisotopic (exact) mass is 303 g/mol. The maximum Gasteiger partial charge on any atom is 0.206 e. The van der Waals surface area contributed by atoms with Crippen LogP contribution in [0, 0.1) is 0 Å². The van der Waals surface area contributed by atoms with Crippen molar-refractivity contribution >= 4 is 43.7 Å². The van der Waals surface area contributed by atoms with Gasteiger partial charge in [-0.2, -0.15) is 11.3 Å². The van der Waals surface area contributed by atoms with Gasteiger partial charge in [0.1, 0.15) is 0 Å². The van der Waals surface area contributed by atoms with Gasteiger partial charge in [-0.25, -0.2) is 0 Å². The predicted octanol–water partition coefficient (Wildman–Crippen LogP) is 3.41. The lowest BCUT2D eigenvalue weighted by atomic mass is 10.1. The zero-order valence-electron chi connectivity index (χ0n) is 8.11. The molecule has 0 spiro atoms. The minimum absolute atomic E-state index is 0.374. The summed E-state index contributed by atoms with van der Waals surface area (Å²) in [6.07, 6.45) is 1.01. The van der Waals surface area contributed by atoms with E-state index in [0.717, 1.165) is 15.5 Å². The molecular weight excluding hydrogens is 294 g/mol. The number of nitrogens with zero attached hydrogens (tertiary/aromatic N) is 2. The summed E-state index contributed by atoms with van der Waals surface area (Å²) in [5.74, 6) is 0. The first-order valence-corrected chi connectivity index (χ1v) is 7.06. The second-order valence-corrected chi connectivity index (χ2v) is 6.27. The molecule has 2 aromatic heterocycles. The molecule has 0 radical (unpaired) electrons. The molecule has 80 valence electrons. The molecule has 0 aliphatic carbocycles. The Hall–Kier alpha value is -0.460. The van der Waals surface area contributed by atoms with Crippen LogP contribution < -0.4 is 5.32 Å². The van der Waals surface area contributed by atoms with E-state index in [-0.39, 0.29) is 0 Å². The van der Waals surface area contributed by atoms with E-state index >= 15 is 0 Å². The number of rotatable bonds is 4. The Morgan fingerprint density at radius 2 is 2.40 bits per heavy atom. The third-order valence-corrected chi connectivity index (χ3v) is 3.91. The summed E-state index contributed by atoms with van der Waals surface area (Å²) in [5, 5.41) is 16.4. The van der Waals surface area contributed by atoms with Gasteiger partial charge in [0, 0.05) is 6.04 Å². The first kappa shape index (κ1) is 11.0. The molecule has 2 rings (SSSR count). The van der Waals surface area contributed by atoms with Crippen LogP contribution in [-0.2, 0) is 6.42 Å². The van der Waals surface area contributed by atoms with Crippen LogP contribution in [0.25, 0.3) is 0 Å². The minimum Gasteiger partial charge on any atom is -0.357 e. The fourth-order valence-electron chi connectivity index (χ4n) is 1.29. The molecule has 15 heavy (non-hydrogen) atoms. The summed E-state index contributed by atoms with van der Waals surface area (Å²) >= 11 is 6.54. The molecule has 0 amide bonds. The second kappa shape index (κ2) is 5.05. The molecule has 0 aliphatic rings. The van der Waals surface area contributed by atoms with E-state index in [1.807, 2.05) is 0 Å². The standard InChI is InChI=1S/C9H10BrN3S2/c1-6(4-7-2-3-14-5-7)11-9-13-12-8(10)15-9/h2-3,5-6H,4H2,1H3,(H,11,13). The van der Waals surface area contributed by atoms with Gasteiger partial charge in [0.25, 0.3) is 0 Å². The molecule has 0 saturated carbocycles. The second-order valence-electron chi connectivity index (χ2n) is 3.24. The van der Waals surface area contributed by atoms with Crippen LogP contribution in [0.5, 0.6) is 0 Å². The van der Waals surface area contributed by atoms with E-state index in [1.54, 1.807) is 11.3 Å². The molecule has 6 heteroatoms. The average molecular weight is 304 g/mol. The van der Waals surface area contributed by atoms with Gasteiger partial charge in [-0.15, -0.1) is 10.2 Å². The van der Waals surface area contributed by atoms with Crippen LogP contribution in [0.4, 0.5) is 5.13 Å². The topological polar surface area (TPSA) is 37.8 Å². The van der Waals surface area contributed by atoms with Crippen molar-refractivity contribution in [2.24, 2.45) is 0 Å². The van der Waals surface area contributed by atoms with Crippen LogP contribution >= 0.6 is 38.6 Å². The lowest BCUT2D eigenvalue weighted by molar-refractivity contribution is 0.787. The number of hydrogen-bond acceptors (Lipinski definition) is 5. The fraction of sp³-hybridized carbons (Fsp3) is 0.333. The molecule has 0 fully saturated rings. The van der Waals surface area contributed by atoms with Crippen molar-refractivity contribution in [1.29, 1.82) is 0 Å². The first-order valence-electron chi connectivity index (χ1n) is 4.50. The Bertz CT molecular complexity index is 413. The molecule has 1 atom stereocenters. The fourth-order valence-corrected chi connectivity index (χ4v) is 3.09. The first-order chi connectivity index (χ1) is 7.24. The zero-order valence-corrected chi connectivity index (χ0v) is 11.3. The molecule has 3 nitrogen and oxygen atoms in total. The van der Waals surface area contributed by atoms with Crippen LogP contribution in [0.3, 0.4) is 0 Å². The normalized spacial score (nSPS) is 12.7. The number of anilines is 1. The van der Waals surface area contributed by atoms with E-state index in [2.05, 4.69) is 55.2 Å². The van der Waals surface area contributed by atoms with Gasteiger partial charge in [0.15, 0.2) is 3.92 Å². The van der Waals surface area contributed by atoms with E-state index in [9.17, 15) is 0 Å². The molecule has 0 aliphatic heterocycles. The smallest absolute Gasteiger partial charge is 0.206 e. The summed E-state index contributed by atoms with van der Waals surface area (Å²) in [7, 11) is 0.